The summed E-state index contributed by atoms with van der Waals surface area (Å²) in [6.45, 7) is 5.13. The van der Waals surface area contributed by atoms with Crippen LogP contribution in [-0.2, 0) is 15.0 Å². The first-order valence-electron chi connectivity index (χ1n) is 10.00. The van der Waals surface area contributed by atoms with Crippen molar-refractivity contribution in [3.8, 4) is 0 Å². The van der Waals surface area contributed by atoms with Crippen molar-refractivity contribution < 1.29 is 19.5 Å². The van der Waals surface area contributed by atoms with E-state index >= 15 is 0 Å². The Kier molecular flexibility index (Phi) is 5.91. The topological polar surface area (TPSA) is 90.0 Å². The van der Waals surface area contributed by atoms with Gasteiger partial charge in [-0.15, -0.1) is 0 Å². The molecule has 0 bridgehead atoms. The number of carboxylic acid groups (broad SMARTS) is 1. The number of nitrogens with one attached hydrogen (secondary N) is 1. The van der Waals surface area contributed by atoms with Crippen molar-refractivity contribution in [2.75, 3.05) is 19.6 Å². The van der Waals surface area contributed by atoms with Crippen molar-refractivity contribution in [2.24, 2.45) is 0 Å². The van der Waals surface area contributed by atoms with Crippen LogP contribution in [0.2, 0.25) is 0 Å². The molecule has 152 valence electrons. The molecule has 2 saturated heterocycles. The highest BCUT2D eigenvalue weighted by Crippen LogP contribution is 2.36. The molecular formula is C21H29N3O4. The van der Waals surface area contributed by atoms with Gasteiger partial charge < -0.3 is 20.2 Å². The fraction of sp³-hybridized carbons (Fsp3) is 0.571. The molecule has 2 fully saturated rings. The van der Waals surface area contributed by atoms with Crippen LogP contribution in [0, 0.1) is 0 Å². The number of carboxylic acids is 1. The van der Waals surface area contributed by atoms with Gasteiger partial charge in [0.2, 0.25) is 5.91 Å². The molecule has 1 aromatic carbocycles. The third kappa shape index (κ3) is 3.84. The fourth-order valence-corrected chi connectivity index (χ4v) is 4.30. The van der Waals surface area contributed by atoms with Crippen molar-refractivity contribution in [2.45, 2.75) is 57.0 Å². The van der Waals surface area contributed by atoms with E-state index in [4.69, 9.17) is 0 Å². The van der Waals surface area contributed by atoms with E-state index in [2.05, 4.69) is 5.32 Å². The van der Waals surface area contributed by atoms with Crippen LogP contribution in [0.15, 0.2) is 30.3 Å². The number of rotatable bonds is 4. The van der Waals surface area contributed by atoms with Gasteiger partial charge in [-0.2, -0.15) is 0 Å². The molecule has 1 atom stereocenters. The lowest BCUT2D eigenvalue weighted by Gasteiger charge is -2.40. The number of piperidine rings is 1. The van der Waals surface area contributed by atoms with E-state index in [-0.39, 0.29) is 18.0 Å². The number of aliphatic carboxylic acids is 1. The summed E-state index contributed by atoms with van der Waals surface area (Å²) in [6.07, 6.45) is 2.22. The van der Waals surface area contributed by atoms with Crippen LogP contribution in [0.25, 0.3) is 0 Å². The molecule has 28 heavy (non-hydrogen) atoms. The highest BCUT2D eigenvalue weighted by molar-refractivity contribution is 5.88. The lowest BCUT2D eigenvalue weighted by Crippen LogP contribution is -2.55. The zero-order chi connectivity index (χ0) is 20.3. The van der Waals surface area contributed by atoms with Gasteiger partial charge in [-0.05, 0) is 45.1 Å². The van der Waals surface area contributed by atoms with E-state index < -0.39 is 17.4 Å². The van der Waals surface area contributed by atoms with Gasteiger partial charge in [0.1, 0.15) is 6.04 Å². The first kappa shape index (κ1) is 20.2. The lowest BCUT2D eigenvalue weighted by molar-refractivity contribution is -0.149. The van der Waals surface area contributed by atoms with Gasteiger partial charge in [-0.25, -0.2) is 4.79 Å². The van der Waals surface area contributed by atoms with E-state index in [1.54, 1.807) is 9.80 Å². The van der Waals surface area contributed by atoms with Crippen molar-refractivity contribution in [3.05, 3.63) is 35.9 Å². The molecule has 0 radical (unpaired) electrons. The van der Waals surface area contributed by atoms with Crippen LogP contribution in [-0.4, -0.2) is 64.5 Å². The van der Waals surface area contributed by atoms with Crippen LogP contribution in [0.1, 0.15) is 45.1 Å². The molecule has 0 aromatic heterocycles. The maximum Gasteiger partial charge on any atom is 0.318 e. The molecular weight excluding hydrogens is 358 g/mol. The van der Waals surface area contributed by atoms with Gasteiger partial charge in [-0.3, -0.25) is 9.59 Å². The van der Waals surface area contributed by atoms with Crippen molar-refractivity contribution in [3.63, 3.8) is 0 Å². The second-order valence-corrected chi connectivity index (χ2v) is 8.03. The van der Waals surface area contributed by atoms with Crippen molar-refractivity contribution >= 4 is 17.9 Å². The number of hydrogen-bond acceptors (Lipinski definition) is 3. The SMILES string of the molecule is CC(C)NC(=O)N1CCC[C@H]1C(=O)N1CCC(C(=O)O)(c2ccccc2)CC1. The molecule has 0 saturated carbocycles. The number of carbonyl (C=O) groups is 3. The maximum atomic E-state index is 13.1. The predicted octanol–water partition coefficient (Wildman–Crippen LogP) is 2.21. The molecule has 2 aliphatic heterocycles. The number of likely N-dealkylation sites (tertiary alicyclic amines) is 2. The van der Waals surface area contributed by atoms with Gasteiger partial charge in [0.25, 0.3) is 0 Å². The molecule has 1 aromatic rings. The summed E-state index contributed by atoms with van der Waals surface area (Å²) < 4.78 is 0. The fourth-order valence-electron chi connectivity index (χ4n) is 4.30. The second kappa shape index (κ2) is 8.20. The second-order valence-electron chi connectivity index (χ2n) is 8.03. The Labute approximate surface area is 165 Å². The smallest absolute Gasteiger partial charge is 0.318 e. The average molecular weight is 387 g/mol. The first-order valence-corrected chi connectivity index (χ1v) is 10.00. The number of carbonyl (C=O) groups excluding carboxylic acids is 2. The molecule has 7 nitrogen and oxygen atoms in total. The van der Waals surface area contributed by atoms with Gasteiger partial charge in [0.15, 0.2) is 0 Å². The standard InChI is InChI=1S/C21H29N3O4/c1-15(2)22-20(28)24-12-6-9-17(24)18(25)23-13-10-21(11-14-23,19(26)27)16-7-4-3-5-8-16/h3-5,7-8,15,17H,6,9-14H2,1-2H3,(H,22,28)(H,26,27)/t17-/m0/s1. The van der Waals surface area contributed by atoms with Crippen LogP contribution < -0.4 is 5.32 Å². The number of amides is 3. The zero-order valence-electron chi connectivity index (χ0n) is 16.6. The summed E-state index contributed by atoms with van der Waals surface area (Å²) in [7, 11) is 0. The van der Waals surface area contributed by atoms with Gasteiger partial charge >= 0.3 is 12.0 Å². The van der Waals surface area contributed by atoms with E-state index in [0.29, 0.717) is 38.9 Å². The van der Waals surface area contributed by atoms with Gasteiger partial charge in [0.05, 0.1) is 5.41 Å². The Morgan fingerprint density at radius 1 is 1.11 bits per heavy atom. The van der Waals surface area contributed by atoms with Crippen LogP contribution in [0.4, 0.5) is 4.79 Å². The van der Waals surface area contributed by atoms with Crippen LogP contribution in [0.5, 0.6) is 0 Å². The summed E-state index contributed by atoms with van der Waals surface area (Å²) in [6, 6.07) is 8.62. The predicted molar refractivity (Wildman–Crippen MR) is 105 cm³/mol. The quantitative estimate of drug-likeness (QED) is 0.829. The third-order valence-corrected chi connectivity index (χ3v) is 5.88. The maximum absolute atomic E-state index is 13.1. The summed E-state index contributed by atoms with van der Waals surface area (Å²) >= 11 is 0. The Morgan fingerprint density at radius 2 is 1.75 bits per heavy atom. The Hall–Kier alpha value is -2.57. The summed E-state index contributed by atoms with van der Waals surface area (Å²) in [5, 5.41) is 12.8. The Morgan fingerprint density at radius 3 is 2.32 bits per heavy atom. The Balaban J connectivity index is 1.69. The zero-order valence-corrected chi connectivity index (χ0v) is 16.6. The number of hydrogen-bond donors (Lipinski definition) is 2. The molecule has 0 spiro atoms. The summed E-state index contributed by atoms with van der Waals surface area (Å²) in [5.74, 6) is -0.909. The van der Waals surface area contributed by atoms with Crippen molar-refractivity contribution in [1.82, 2.24) is 15.1 Å². The van der Waals surface area contributed by atoms with Crippen LogP contribution >= 0.6 is 0 Å². The van der Waals surface area contributed by atoms with E-state index in [0.717, 1.165) is 12.0 Å². The monoisotopic (exact) mass is 387 g/mol. The highest BCUT2D eigenvalue weighted by Gasteiger charge is 2.45. The van der Waals surface area contributed by atoms with Crippen molar-refractivity contribution in [1.29, 1.82) is 0 Å². The molecule has 3 rings (SSSR count). The first-order chi connectivity index (χ1) is 13.3. The lowest BCUT2D eigenvalue weighted by atomic mass is 9.72. The summed E-state index contributed by atoms with van der Waals surface area (Å²) in [4.78, 5) is 40.9. The van der Waals surface area contributed by atoms with Gasteiger partial charge in [0, 0.05) is 25.7 Å². The molecule has 2 N–H and O–H groups in total. The largest absolute Gasteiger partial charge is 0.481 e. The highest BCUT2D eigenvalue weighted by atomic mass is 16.4. The minimum atomic E-state index is -0.956. The van der Waals surface area contributed by atoms with Gasteiger partial charge in [-0.1, -0.05) is 30.3 Å². The number of benzene rings is 1. The minimum Gasteiger partial charge on any atom is -0.481 e. The Bertz CT molecular complexity index is 726. The number of nitrogens with zero attached hydrogens (tertiary/aromatic N) is 2. The normalized spacial score (nSPS) is 21.6. The van der Waals surface area contributed by atoms with E-state index in [9.17, 15) is 19.5 Å². The van der Waals surface area contributed by atoms with E-state index in [1.165, 1.54) is 0 Å². The third-order valence-electron chi connectivity index (χ3n) is 5.88. The molecule has 0 aliphatic carbocycles. The molecule has 0 unspecified atom stereocenters. The number of urea groups is 1. The molecule has 7 heteroatoms. The molecule has 2 aliphatic rings. The summed E-state index contributed by atoms with van der Waals surface area (Å²) in [5.41, 5.74) is -0.170. The average Bonchev–Trinajstić information content (AvgIpc) is 3.17. The minimum absolute atomic E-state index is 0.0147. The molecule has 2 heterocycles. The van der Waals surface area contributed by atoms with Crippen LogP contribution in [0.3, 0.4) is 0 Å². The molecule has 3 amide bonds. The van der Waals surface area contributed by atoms with E-state index in [1.807, 2.05) is 44.2 Å².